The fourth-order valence-corrected chi connectivity index (χ4v) is 7.27. The van der Waals surface area contributed by atoms with Gasteiger partial charge in [0.25, 0.3) is 0 Å². The summed E-state index contributed by atoms with van der Waals surface area (Å²) in [4.78, 5) is 4.88. The summed E-state index contributed by atoms with van der Waals surface area (Å²) >= 11 is 0. The monoisotopic (exact) mass is 567 g/mol. The third kappa shape index (κ3) is 6.01. The number of hydrogen-bond acceptors (Lipinski definition) is 2. The van der Waals surface area contributed by atoms with Crippen molar-refractivity contribution in [2.45, 2.75) is 102 Å². The van der Waals surface area contributed by atoms with Crippen LogP contribution in [0.4, 0.5) is 0 Å². The Kier molecular flexibility index (Phi) is 8.19. The number of phenolic OH excluding ortho intramolecular Hbond substituents is 1. The highest BCUT2D eigenvalue weighted by Crippen LogP contribution is 2.47. The summed E-state index contributed by atoms with van der Waals surface area (Å²) in [6.07, 6.45) is 18.7. The minimum atomic E-state index is -0.194. The standard InChI is InChI=1S/C41H45NO/c1-40(2,3)38-26-29(25-31(39(38)43)28-42-33-19-6-5-7-20-33)15-12-13-24-41(4,32-17-9-10-18-32)37-23-14-22-35-34-21-11-8-16-30(34)27-36(35)37/h8-9,11,14,16-18,21-23,25-26,28,33,43H,5-7,10,13,19-20,24,27H2,1-4H3/t41-/m0/s1. The molecule has 2 nitrogen and oxygen atoms in total. The van der Waals surface area contributed by atoms with Crippen LogP contribution in [0.1, 0.15) is 112 Å². The van der Waals surface area contributed by atoms with E-state index in [2.05, 4.69) is 106 Å². The van der Waals surface area contributed by atoms with E-state index in [0.29, 0.717) is 11.8 Å². The van der Waals surface area contributed by atoms with Crippen molar-refractivity contribution in [3.05, 3.63) is 112 Å². The Morgan fingerprint density at radius 1 is 0.930 bits per heavy atom. The molecule has 0 spiro atoms. The SMILES string of the molecule is CC(C)(C)c1cc(C#CCC[C@@](C)(C2=CCC=C2)c2cccc3c2Cc2ccccc2-3)cc(C=NC2CCCCC2)c1O. The summed E-state index contributed by atoms with van der Waals surface area (Å²) < 4.78 is 0. The van der Waals surface area contributed by atoms with E-state index in [4.69, 9.17) is 4.99 Å². The van der Waals surface area contributed by atoms with Crippen LogP contribution in [-0.4, -0.2) is 17.4 Å². The van der Waals surface area contributed by atoms with Gasteiger partial charge >= 0.3 is 0 Å². The third-order valence-corrected chi connectivity index (χ3v) is 9.78. The third-order valence-electron chi connectivity index (χ3n) is 9.78. The van der Waals surface area contributed by atoms with E-state index >= 15 is 0 Å². The Morgan fingerprint density at radius 3 is 2.49 bits per heavy atom. The lowest BCUT2D eigenvalue weighted by Crippen LogP contribution is -2.25. The zero-order chi connectivity index (χ0) is 30.0. The van der Waals surface area contributed by atoms with Crippen molar-refractivity contribution in [1.82, 2.24) is 0 Å². The zero-order valence-electron chi connectivity index (χ0n) is 26.3. The lowest BCUT2D eigenvalue weighted by molar-refractivity contribution is 0.441. The van der Waals surface area contributed by atoms with Crippen LogP contribution in [0.5, 0.6) is 5.75 Å². The molecule has 0 saturated heterocycles. The van der Waals surface area contributed by atoms with Crippen LogP contribution in [0, 0.1) is 11.8 Å². The van der Waals surface area contributed by atoms with Crippen LogP contribution >= 0.6 is 0 Å². The molecule has 2 heteroatoms. The van der Waals surface area contributed by atoms with Crippen molar-refractivity contribution >= 4 is 6.21 Å². The number of aliphatic imine (C=N–C) groups is 1. The second-order valence-electron chi connectivity index (χ2n) is 13.9. The fourth-order valence-electron chi connectivity index (χ4n) is 7.27. The summed E-state index contributed by atoms with van der Waals surface area (Å²) in [5.74, 6) is 7.36. The van der Waals surface area contributed by atoms with Crippen molar-refractivity contribution in [2.75, 3.05) is 0 Å². The van der Waals surface area contributed by atoms with E-state index in [1.165, 1.54) is 52.7 Å². The first-order chi connectivity index (χ1) is 20.7. The lowest BCUT2D eigenvalue weighted by Gasteiger charge is -2.33. The number of nitrogens with zero attached hydrogens (tertiary/aromatic N) is 1. The highest BCUT2D eigenvalue weighted by Gasteiger charge is 2.34. The Bertz CT molecular complexity index is 1660. The Hall–Kier alpha value is -3.83. The van der Waals surface area contributed by atoms with Crippen LogP contribution in [-0.2, 0) is 17.3 Å². The van der Waals surface area contributed by atoms with Gasteiger partial charge < -0.3 is 5.11 Å². The molecule has 0 heterocycles. The minimum Gasteiger partial charge on any atom is -0.507 e. The predicted octanol–water partition coefficient (Wildman–Crippen LogP) is 9.99. The van der Waals surface area contributed by atoms with Gasteiger partial charge in [-0.2, -0.15) is 0 Å². The number of phenols is 1. The number of hydrogen-bond donors (Lipinski definition) is 1. The zero-order valence-corrected chi connectivity index (χ0v) is 26.3. The van der Waals surface area contributed by atoms with E-state index in [1.807, 2.05) is 12.3 Å². The van der Waals surface area contributed by atoms with Crippen LogP contribution in [0.3, 0.4) is 0 Å². The van der Waals surface area contributed by atoms with E-state index in [1.54, 1.807) is 0 Å². The van der Waals surface area contributed by atoms with Gasteiger partial charge in [-0.1, -0.05) is 119 Å². The Balaban J connectivity index is 1.29. The number of allylic oxidation sites excluding steroid dienone is 4. The first-order valence-corrected chi connectivity index (χ1v) is 16.2. The molecule has 1 fully saturated rings. The van der Waals surface area contributed by atoms with Gasteiger partial charge in [0.2, 0.25) is 0 Å². The van der Waals surface area contributed by atoms with Gasteiger partial charge in [-0.3, -0.25) is 4.99 Å². The van der Waals surface area contributed by atoms with Crippen LogP contribution in [0.15, 0.2) is 83.4 Å². The van der Waals surface area contributed by atoms with Gasteiger partial charge in [-0.25, -0.2) is 0 Å². The summed E-state index contributed by atoms with van der Waals surface area (Å²) in [7, 11) is 0. The Morgan fingerprint density at radius 2 is 1.72 bits per heavy atom. The van der Waals surface area contributed by atoms with Gasteiger partial charge in [0, 0.05) is 40.8 Å². The average molecular weight is 568 g/mol. The maximum atomic E-state index is 11.2. The molecule has 1 N–H and O–H groups in total. The van der Waals surface area contributed by atoms with E-state index < -0.39 is 0 Å². The molecule has 0 amide bonds. The molecule has 0 aromatic heterocycles. The number of benzene rings is 3. The second-order valence-corrected chi connectivity index (χ2v) is 13.9. The molecule has 3 aliphatic carbocycles. The van der Waals surface area contributed by atoms with Gasteiger partial charge in [-0.05, 0) is 83.0 Å². The van der Waals surface area contributed by atoms with Gasteiger partial charge in [0.05, 0.1) is 0 Å². The molecule has 43 heavy (non-hydrogen) atoms. The molecule has 0 bridgehead atoms. The number of fused-ring (bicyclic) bond motifs is 3. The Labute approximate surface area is 258 Å². The molecule has 0 radical (unpaired) electrons. The van der Waals surface area contributed by atoms with Gasteiger partial charge in [0.1, 0.15) is 5.75 Å². The molecule has 0 aliphatic heterocycles. The highest BCUT2D eigenvalue weighted by atomic mass is 16.3. The summed E-state index contributed by atoms with van der Waals surface area (Å²) in [5.41, 5.74) is 10.8. The summed E-state index contributed by atoms with van der Waals surface area (Å²) in [6, 6.07) is 20.2. The second kappa shape index (κ2) is 12.0. The molecule has 3 aromatic carbocycles. The largest absolute Gasteiger partial charge is 0.507 e. The predicted molar refractivity (Wildman–Crippen MR) is 181 cm³/mol. The van der Waals surface area contributed by atoms with E-state index in [9.17, 15) is 5.11 Å². The van der Waals surface area contributed by atoms with E-state index in [-0.39, 0.29) is 10.8 Å². The molecule has 3 aliphatic rings. The maximum Gasteiger partial charge on any atom is 0.128 e. The van der Waals surface area contributed by atoms with Crippen molar-refractivity contribution in [3.63, 3.8) is 0 Å². The molecule has 3 aromatic rings. The number of rotatable bonds is 6. The topological polar surface area (TPSA) is 32.6 Å². The molecular weight excluding hydrogens is 522 g/mol. The van der Waals surface area contributed by atoms with E-state index in [0.717, 1.165) is 55.2 Å². The minimum absolute atomic E-state index is 0.113. The average Bonchev–Trinajstić information content (AvgIpc) is 3.68. The molecule has 6 rings (SSSR count). The summed E-state index contributed by atoms with van der Waals surface area (Å²) in [5, 5.41) is 11.2. The molecule has 0 unspecified atom stereocenters. The molecular formula is C41H45NO. The quantitative estimate of drug-likeness (QED) is 0.182. The van der Waals surface area contributed by atoms with Crippen molar-refractivity contribution in [1.29, 1.82) is 0 Å². The van der Waals surface area contributed by atoms with Gasteiger partial charge in [-0.15, -0.1) is 0 Å². The molecule has 220 valence electrons. The summed E-state index contributed by atoms with van der Waals surface area (Å²) in [6.45, 7) is 8.84. The number of aromatic hydroxyl groups is 1. The molecule has 1 atom stereocenters. The molecule has 1 saturated carbocycles. The normalized spacial score (nSPS) is 17.7. The van der Waals surface area contributed by atoms with Crippen molar-refractivity contribution in [2.24, 2.45) is 4.99 Å². The van der Waals surface area contributed by atoms with Crippen LogP contribution in [0.25, 0.3) is 11.1 Å². The lowest BCUT2D eigenvalue weighted by atomic mass is 9.70. The van der Waals surface area contributed by atoms with Crippen molar-refractivity contribution < 1.29 is 5.11 Å². The first kappa shape index (κ1) is 29.3. The maximum absolute atomic E-state index is 11.2. The van der Waals surface area contributed by atoms with Crippen LogP contribution in [0.2, 0.25) is 0 Å². The van der Waals surface area contributed by atoms with Crippen LogP contribution < -0.4 is 0 Å². The highest BCUT2D eigenvalue weighted by molar-refractivity contribution is 5.85. The first-order valence-electron chi connectivity index (χ1n) is 16.2. The fraction of sp³-hybridized carbons (Fsp3) is 0.390. The smallest absolute Gasteiger partial charge is 0.128 e. The van der Waals surface area contributed by atoms with Crippen molar-refractivity contribution in [3.8, 4) is 28.7 Å². The van der Waals surface area contributed by atoms with Gasteiger partial charge in [0.15, 0.2) is 0 Å².